The summed E-state index contributed by atoms with van der Waals surface area (Å²) >= 11 is 3.11. The summed E-state index contributed by atoms with van der Waals surface area (Å²) in [7, 11) is 0. The minimum Gasteiger partial charge on any atom is -0.351 e. The topological polar surface area (TPSA) is 49.4 Å². The molecule has 0 saturated carbocycles. The number of rotatable bonds is 6. The van der Waals surface area contributed by atoms with Crippen LogP contribution in [0, 0.1) is 19.8 Å². The Kier molecular flexibility index (Phi) is 6.49. The fraction of sp³-hybridized carbons (Fsp3) is 0.280. The number of benzene rings is 2. The standard InChI is InChI=1S/C25H26N2O2S2/c1-16-10-11-17(2)19(13-16)15-27-21-8-4-5-9-22(21)31-23(25(27)29)18(3)24(28)26-14-20-7-6-12-30-20/h4-13,18,23H,14-15H2,1-3H3,(H,26,28)/t18-,23-/m0/s1. The molecule has 1 N–H and O–H groups in total. The molecule has 0 fully saturated rings. The third-order valence-corrected chi connectivity index (χ3v) is 7.98. The number of carbonyl (C=O) groups excluding carboxylic acids is 2. The molecular formula is C25H26N2O2S2. The Morgan fingerprint density at radius 1 is 1.13 bits per heavy atom. The van der Waals surface area contributed by atoms with E-state index in [-0.39, 0.29) is 11.8 Å². The minimum atomic E-state index is -0.455. The summed E-state index contributed by atoms with van der Waals surface area (Å²) in [5.41, 5.74) is 4.38. The van der Waals surface area contributed by atoms with E-state index in [1.807, 2.05) is 53.6 Å². The number of para-hydroxylation sites is 1. The predicted molar refractivity (Wildman–Crippen MR) is 129 cm³/mol. The molecule has 3 aromatic rings. The van der Waals surface area contributed by atoms with Gasteiger partial charge in [-0.15, -0.1) is 23.1 Å². The Balaban J connectivity index is 1.58. The Morgan fingerprint density at radius 3 is 2.71 bits per heavy atom. The third-order valence-electron chi connectivity index (χ3n) is 5.64. The average molecular weight is 451 g/mol. The molecule has 4 rings (SSSR count). The van der Waals surface area contributed by atoms with Gasteiger partial charge in [-0.2, -0.15) is 0 Å². The van der Waals surface area contributed by atoms with E-state index in [0.29, 0.717) is 13.1 Å². The molecule has 0 saturated heterocycles. The molecule has 0 radical (unpaired) electrons. The second-order valence-corrected chi connectivity index (χ2v) is 10.2. The molecular weight excluding hydrogens is 424 g/mol. The maximum absolute atomic E-state index is 13.6. The molecule has 4 nitrogen and oxygen atoms in total. The number of amides is 2. The molecule has 2 heterocycles. The van der Waals surface area contributed by atoms with Crippen molar-refractivity contribution in [2.45, 2.75) is 44.0 Å². The van der Waals surface area contributed by atoms with Crippen LogP contribution in [0.4, 0.5) is 5.69 Å². The van der Waals surface area contributed by atoms with Crippen molar-refractivity contribution in [1.82, 2.24) is 5.32 Å². The molecule has 1 aromatic heterocycles. The normalized spacial score (nSPS) is 16.7. The third kappa shape index (κ3) is 4.70. The molecule has 0 unspecified atom stereocenters. The van der Waals surface area contributed by atoms with Gasteiger partial charge >= 0.3 is 0 Å². The minimum absolute atomic E-state index is 0.0108. The van der Waals surface area contributed by atoms with Crippen molar-refractivity contribution < 1.29 is 9.59 Å². The molecule has 160 valence electrons. The van der Waals surface area contributed by atoms with Crippen LogP contribution in [0.5, 0.6) is 0 Å². The van der Waals surface area contributed by atoms with E-state index in [1.165, 1.54) is 17.3 Å². The van der Waals surface area contributed by atoms with Gasteiger partial charge in [0, 0.05) is 9.77 Å². The molecule has 6 heteroatoms. The Labute approximate surface area is 191 Å². The molecule has 1 aliphatic heterocycles. The van der Waals surface area contributed by atoms with Gasteiger partial charge in [0.25, 0.3) is 0 Å². The van der Waals surface area contributed by atoms with E-state index in [4.69, 9.17) is 0 Å². The SMILES string of the molecule is Cc1ccc(C)c(CN2C(=O)[C@H]([C@H](C)C(=O)NCc3cccs3)Sc3ccccc32)c1. The number of thiophene rings is 1. The Hall–Kier alpha value is -2.57. The van der Waals surface area contributed by atoms with Crippen LogP contribution in [0.3, 0.4) is 0 Å². The highest BCUT2D eigenvalue weighted by Gasteiger charge is 2.39. The van der Waals surface area contributed by atoms with Crippen molar-refractivity contribution >= 4 is 40.6 Å². The largest absolute Gasteiger partial charge is 0.351 e. The van der Waals surface area contributed by atoms with E-state index in [9.17, 15) is 9.59 Å². The summed E-state index contributed by atoms with van der Waals surface area (Å²) in [5.74, 6) is -0.541. The molecule has 2 amide bonds. The van der Waals surface area contributed by atoms with Crippen LogP contribution in [0.1, 0.15) is 28.5 Å². The number of hydrogen-bond donors (Lipinski definition) is 1. The number of aryl methyl sites for hydroxylation is 2. The van der Waals surface area contributed by atoms with Gasteiger partial charge in [-0.1, -0.05) is 48.9 Å². The van der Waals surface area contributed by atoms with Gasteiger partial charge in [0.2, 0.25) is 11.8 Å². The van der Waals surface area contributed by atoms with Gasteiger partial charge < -0.3 is 10.2 Å². The number of fused-ring (bicyclic) bond motifs is 1. The number of thioether (sulfide) groups is 1. The molecule has 0 aliphatic carbocycles. The molecule has 0 bridgehead atoms. The van der Waals surface area contributed by atoms with Crippen molar-refractivity contribution in [2.75, 3.05) is 4.90 Å². The average Bonchev–Trinajstić information content (AvgIpc) is 3.29. The van der Waals surface area contributed by atoms with E-state index in [1.54, 1.807) is 11.3 Å². The number of nitrogens with zero attached hydrogens (tertiary/aromatic N) is 1. The van der Waals surface area contributed by atoms with Gasteiger partial charge in [0.15, 0.2) is 0 Å². The molecule has 1 aliphatic rings. The highest BCUT2D eigenvalue weighted by molar-refractivity contribution is 8.01. The van der Waals surface area contributed by atoms with Gasteiger partial charge in [-0.3, -0.25) is 9.59 Å². The first-order valence-corrected chi connectivity index (χ1v) is 12.1. The molecule has 2 aromatic carbocycles. The maximum atomic E-state index is 13.6. The van der Waals surface area contributed by atoms with Crippen LogP contribution >= 0.6 is 23.1 Å². The highest BCUT2D eigenvalue weighted by atomic mass is 32.2. The zero-order chi connectivity index (χ0) is 22.0. The van der Waals surface area contributed by atoms with Crippen molar-refractivity contribution in [1.29, 1.82) is 0 Å². The second-order valence-electron chi connectivity index (χ2n) is 7.95. The zero-order valence-corrected chi connectivity index (χ0v) is 19.6. The summed E-state index contributed by atoms with van der Waals surface area (Å²) in [4.78, 5) is 30.5. The Morgan fingerprint density at radius 2 is 1.94 bits per heavy atom. The van der Waals surface area contributed by atoms with E-state index >= 15 is 0 Å². The van der Waals surface area contributed by atoms with Crippen molar-refractivity contribution in [3.8, 4) is 0 Å². The first kappa shape index (κ1) is 21.7. The summed E-state index contributed by atoms with van der Waals surface area (Å²) in [6.07, 6.45) is 0. The fourth-order valence-electron chi connectivity index (χ4n) is 3.75. The smallest absolute Gasteiger partial charge is 0.241 e. The summed E-state index contributed by atoms with van der Waals surface area (Å²) in [5, 5.41) is 4.53. The van der Waals surface area contributed by atoms with Crippen LogP contribution in [-0.4, -0.2) is 17.1 Å². The molecule has 2 atom stereocenters. The second kappa shape index (κ2) is 9.28. The van der Waals surface area contributed by atoms with Crippen LogP contribution in [0.2, 0.25) is 0 Å². The van der Waals surface area contributed by atoms with E-state index in [0.717, 1.165) is 26.6 Å². The summed E-state index contributed by atoms with van der Waals surface area (Å²) in [6, 6.07) is 18.3. The fourth-order valence-corrected chi connectivity index (χ4v) is 5.68. The lowest BCUT2D eigenvalue weighted by Gasteiger charge is -2.36. The first-order valence-electron chi connectivity index (χ1n) is 10.4. The Bertz CT molecular complexity index is 1090. The highest BCUT2D eigenvalue weighted by Crippen LogP contribution is 2.42. The van der Waals surface area contributed by atoms with Gasteiger partial charge in [-0.05, 0) is 48.6 Å². The summed E-state index contributed by atoms with van der Waals surface area (Å²) < 4.78 is 0. The van der Waals surface area contributed by atoms with E-state index < -0.39 is 11.2 Å². The quantitative estimate of drug-likeness (QED) is 0.553. The lowest BCUT2D eigenvalue weighted by Crippen LogP contribution is -2.47. The van der Waals surface area contributed by atoms with Gasteiger partial charge in [-0.25, -0.2) is 0 Å². The lowest BCUT2D eigenvalue weighted by atomic mass is 10.0. The number of carbonyl (C=O) groups is 2. The van der Waals surface area contributed by atoms with Crippen LogP contribution in [0.25, 0.3) is 0 Å². The van der Waals surface area contributed by atoms with Gasteiger partial charge in [0.1, 0.15) is 5.25 Å². The van der Waals surface area contributed by atoms with Crippen LogP contribution in [0.15, 0.2) is 64.9 Å². The first-order chi connectivity index (χ1) is 14.9. The van der Waals surface area contributed by atoms with Crippen molar-refractivity contribution in [2.24, 2.45) is 5.92 Å². The number of hydrogen-bond acceptors (Lipinski definition) is 4. The monoisotopic (exact) mass is 450 g/mol. The zero-order valence-electron chi connectivity index (χ0n) is 17.9. The van der Waals surface area contributed by atoms with Crippen molar-refractivity contribution in [3.63, 3.8) is 0 Å². The molecule has 0 spiro atoms. The lowest BCUT2D eigenvalue weighted by molar-refractivity contribution is -0.128. The van der Waals surface area contributed by atoms with Crippen LogP contribution in [-0.2, 0) is 22.7 Å². The van der Waals surface area contributed by atoms with Crippen LogP contribution < -0.4 is 10.2 Å². The predicted octanol–water partition coefficient (Wildman–Crippen LogP) is 5.32. The van der Waals surface area contributed by atoms with Gasteiger partial charge in [0.05, 0.1) is 24.7 Å². The number of anilines is 1. The van der Waals surface area contributed by atoms with Crippen molar-refractivity contribution in [3.05, 3.63) is 81.5 Å². The van der Waals surface area contributed by atoms with E-state index in [2.05, 4.69) is 37.4 Å². The molecule has 31 heavy (non-hydrogen) atoms. The maximum Gasteiger partial charge on any atom is 0.241 e. The number of nitrogens with one attached hydrogen (secondary N) is 1. The summed E-state index contributed by atoms with van der Waals surface area (Å²) in [6.45, 7) is 6.98.